The van der Waals surface area contributed by atoms with Crippen molar-refractivity contribution < 1.29 is 19.3 Å². The lowest BCUT2D eigenvalue weighted by molar-refractivity contribution is -0.674. The van der Waals surface area contributed by atoms with Crippen LogP contribution in [-0.2, 0) is 27.2 Å². The van der Waals surface area contributed by atoms with Crippen LogP contribution in [0.1, 0.15) is 65.5 Å². The average Bonchev–Trinajstić information content (AvgIpc) is 3.26. The van der Waals surface area contributed by atoms with Gasteiger partial charge in [0.05, 0.1) is 45.0 Å². The van der Waals surface area contributed by atoms with Crippen molar-refractivity contribution in [1.29, 1.82) is 0 Å². The standard InChI is InChI=1S/C24H38N6O2/c1-8-29-12-10-27(6)21(29)19(31)25-17-24(5)15-18(14-23(3,4)16-24)26-20(32)22-28(7)11-13-30(22)9-2/h10-13,18H,8-9,14-17H2,1-7H3. The van der Waals surface area contributed by atoms with Gasteiger partial charge in [-0.3, -0.25) is 9.98 Å². The molecule has 0 radical (unpaired) electrons. The first-order chi connectivity index (χ1) is 15.0. The molecule has 0 spiro atoms. The second kappa shape index (κ2) is 9.08. The van der Waals surface area contributed by atoms with Gasteiger partial charge >= 0.3 is 0 Å². The van der Waals surface area contributed by atoms with Crippen molar-refractivity contribution in [3.63, 3.8) is 0 Å². The summed E-state index contributed by atoms with van der Waals surface area (Å²) in [5, 5.41) is 25.9. The van der Waals surface area contributed by atoms with Crippen LogP contribution in [0, 0.1) is 10.8 Å². The Morgan fingerprint density at radius 2 is 1.50 bits per heavy atom. The van der Waals surface area contributed by atoms with E-state index in [0.717, 1.165) is 32.4 Å². The molecule has 1 fully saturated rings. The molecule has 0 aliphatic heterocycles. The maximum absolute atomic E-state index is 13.0. The first-order valence-electron chi connectivity index (χ1n) is 11.5. The fourth-order valence-electron chi connectivity index (χ4n) is 5.45. The quantitative estimate of drug-likeness (QED) is 0.355. The van der Waals surface area contributed by atoms with Gasteiger partial charge in [0.2, 0.25) is 0 Å². The zero-order chi connectivity index (χ0) is 23.7. The fourth-order valence-corrected chi connectivity index (χ4v) is 5.45. The van der Waals surface area contributed by atoms with E-state index in [4.69, 9.17) is 0 Å². The molecule has 0 bridgehead atoms. The molecular formula is C24H38N6O2. The summed E-state index contributed by atoms with van der Waals surface area (Å²) in [6.45, 7) is 12.5. The van der Waals surface area contributed by atoms with Crippen molar-refractivity contribution >= 4 is 11.8 Å². The molecule has 2 atom stereocenters. The molecule has 0 N–H and O–H groups in total. The van der Waals surface area contributed by atoms with Gasteiger partial charge < -0.3 is 10.2 Å². The number of imidazole rings is 2. The first kappa shape index (κ1) is 24.0. The Morgan fingerprint density at radius 1 is 0.969 bits per heavy atom. The SMILES string of the molecule is CCn1cc[n+](C)c1C([O-])=NCC1(C)CC(N=C([O-])c2n(CC)cc[n+]2C)CC(C)(C)C1. The summed E-state index contributed by atoms with van der Waals surface area (Å²) in [6.07, 6.45) is 10.1. The first-order valence-corrected chi connectivity index (χ1v) is 11.5. The molecule has 8 heteroatoms. The molecule has 0 saturated heterocycles. The lowest BCUT2D eigenvalue weighted by atomic mass is 9.63. The van der Waals surface area contributed by atoms with Crippen LogP contribution in [0.25, 0.3) is 0 Å². The average molecular weight is 443 g/mol. The van der Waals surface area contributed by atoms with Crippen LogP contribution in [0.2, 0.25) is 0 Å². The minimum Gasteiger partial charge on any atom is -0.853 e. The van der Waals surface area contributed by atoms with Gasteiger partial charge in [-0.05, 0) is 43.9 Å². The van der Waals surface area contributed by atoms with E-state index in [0.29, 0.717) is 18.2 Å². The van der Waals surface area contributed by atoms with Gasteiger partial charge in [0.1, 0.15) is 24.8 Å². The Kier molecular flexibility index (Phi) is 6.81. The summed E-state index contributed by atoms with van der Waals surface area (Å²) in [4.78, 5) is 9.13. The molecular weight excluding hydrogens is 404 g/mol. The second-order valence-corrected chi connectivity index (χ2v) is 10.3. The van der Waals surface area contributed by atoms with Gasteiger partial charge in [-0.2, -0.15) is 0 Å². The van der Waals surface area contributed by atoms with Crippen molar-refractivity contribution in [2.24, 2.45) is 34.9 Å². The van der Waals surface area contributed by atoms with Crippen molar-refractivity contribution in [2.45, 2.75) is 73.0 Å². The number of rotatable bonds is 7. The molecule has 2 heterocycles. The van der Waals surface area contributed by atoms with Crippen LogP contribution in [0.4, 0.5) is 0 Å². The molecule has 0 amide bonds. The van der Waals surface area contributed by atoms with E-state index >= 15 is 0 Å². The second-order valence-electron chi connectivity index (χ2n) is 10.3. The highest BCUT2D eigenvalue weighted by Crippen LogP contribution is 2.47. The van der Waals surface area contributed by atoms with E-state index in [1.165, 1.54) is 0 Å². The number of hydrogen-bond donors (Lipinski definition) is 0. The molecule has 2 unspecified atom stereocenters. The lowest BCUT2D eigenvalue weighted by Gasteiger charge is -2.45. The van der Waals surface area contributed by atoms with Crippen LogP contribution in [0.3, 0.4) is 0 Å². The number of nitrogens with zero attached hydrogens (tertiary/aromatic N) is 6. The third-order valence-corrected chi connectivity index (χ3v) is 6.54. The highest BCUT2D eigenvalue weighted by molar-refractivity contribution is 5.86. The van der Waals surface area contributed by atoms with E-state index in [2.05, 4.69) is 30.8 Å². The van der Waals surface area contributed by atoms with Crippen LogP contribution < -0.4 is 19.3 Å². The predicted octanol–water partition coefficient (Wildman–Crippen LogP) is 0.477. The number of hydrogen-bond acceptors (Lipinski definition) is 4. The Bertz CT molecular complexity index is 1020. The van der Waals surface area contributed by atoms with Gasteiger partial charge in [0.25, 0.3) is 11.6 Å². The van der Waals surface area contributed by atoms with E-state index in [1.807, 2.05) is 71.0 Å². The smallest absolute Gasteiger partial charge is 0.291 e. The molecule has 2 aromatic heterocycles. The molecule has 32 heavy (non-hydrogen) atoms. The van der Waals surface area contributed by atoms with Crippen LogP contribution in [0.15, 0.2) is 34.8 Å². The minimum atomic E-state index is -0.193. The van der Waals surface area contributed by atoms with Gasteiger partial charge in [0, 0.05) is 6.54 Å². The maximum atomic E-state index is 13.0. The molecule has 2 aromatic rings. The highest BCUT2D eigenvalue weighted by Gasteiger charge is 2.41. The Hall–Kier alpha value is -2.64. The Morgan fingerprint density at radius 3 is 2.03 bits per heavy atom. The maximum Gasteiger partial charge on any atom is 0.291 e. The normalized spacial score (nSPS) is 24.2. The third-order valence-electron chi connectivity index (χ3n) is 6.54. The van der Waals surface area contributed by atoms with Crippen molar-refractivity contribution in [3.05, 3.63) is 36.4 Å². The summed E-state index contributed by atoms with van der Waals surface area (Å²) in [6, 6.07) is -0.0858. The molecule has 176 valence electrons. The third kappa shape index (κ3) is 5.05. The summed E-state index contributed by atoms with van der Waals surface area (Å²) < 4.78 is 7.50. The molecule has 1 aliphatic rings. The van der Waals surface area contributed by atoms with Crippen molar-refractivity contribution in [1.82, 2.24) is 9.13 Å². The summed E-state index contributed by atoms with van der Waals surface area (Å²) in [5.74, 6) is 0.826. The Balaban J connectivity index is 1.84. The molecule has 1 saturated carbocycles. The Labute approximate surface area is 191 Å². The van der Waals surface area contributed by atoms with E-state index in [1.54, 1.807) is 0 Å². The lowest BCUT2D eigenvalue weighted by Crippen LogP contribution is -2.44. The van der Waals surface area contributed by atoms with Crippen LogP contribution >= 0.6 is 0 Å². The largest absolute Gasteiger partial charge is 0.853 e. The zero-order valence-corrected chi connectivity index (χ0v) is 20.6. The van der Waals surface area contributed by atoms with E-state index in [-0.39, 0.29) is 28.7 Å². The van der Waals surface area contributed by atoms with Crippen molar-refractivity contribution in [2.75, 3.05) is 6.54 Å². The van der Waals surface area contributed by atoms with E-state index < -0.39 is 0 Å². The summed E-state index contributed by atoms with van der Waals surface area (Å²) in [5.41, 5.74) is -0.174. The van der Waals surface area contributed by atoms with Gasteiger partial charge in [-0.1, -0.05) is 20.8 Å². The zero-order valence-electron chi connectivity index (χ0n) is 20.6. The molecule has 3 rings (SSSR count). The number of aliphatic imine (C=N–C) groups is 2. The van der Waals surface area contributed by atoms with Gasteiger partial charge in [-0.15, -0.1) is 0 Å². The van der Waals surface area contributed by atoms with Gasteiger partial charge in [-0.25, -0.2) is 18.3 Å². The van der Waals surface area contributed by atoms with Gasteiger partial charge in [0.15, 0.2) is 0 Å². The van der Waals surface area contributed by atoms with Crippen LogP contribution in [-0.4, -0.2) is 33.5 Å². The highest BCUT2D eigenvalue weighted by atomic mass is 16.3. The number of aromatic nitrogens is 4. The van der Waals surface area contributed by atoms with E-state index in [9.17, 15) is 10.2 Å². The summed E-state index contributed by atoms with van der Waals surface area (Å²) in [7, 11) is 3.74. The summed E-state index contributed by atoms with van der Waals surface area (Å²) >= 11 is 0. The minimum absolute atomic E-state index is 0.0171. The van der Waals surface area contributed by atoms with Crippen LogP contribution in [0.5, 0.6) is 0 Å². The van der Waals surface area contributed by atoms with Crippen molar-refractivity contribution in [3.8, 4) is 0 Å². The molecule has 1 aliphatic carbocycles. The number of aryl methyl sites for hydroxylation is 4. The molecule has 8 nitrogen and oxygen atoms in total. The molecule has 0 aromatic carbocycles. The fraction of sp³-hybridized carbons (Fsp3) is 0.667. The topological polar surface area (TPSA) is 88.5 Å². The predicted molar refractivity (Wildman–Crippen MR) is 120 cm³/mol. The monoisotopic (exact) mass is 442 g/mol.